The molecule has 0 radical (unpaired) electrons. The number of nitrogens with one attached hydrogen (secondary N) is 2. The molecule has 0 aliphatic heterocycles. The number of aromatic nitrogens is 3. The topological polar surface area (TPSA) is 120 Å². The third-order valence-electron chi connectivity index (χ3n) is 7.32. The lowest BCUT2D eigenvalue weighted by Crippen LogP contribution is -2.38. The number of thiazole rings is 1. The third kappa shape index (κ3) is 6.94. The Morgan fingerprint density at radius 2 is 1.79 bits per heavy atom. The van der Waals surface area contributed by atoms with E-state index in [2.05, 4.69) is 25.6 Å². The molecule has 1 aliphatic rings. The average molecular weight is 598 g/mol. The number of nitrogens with zero attached hydrogens (tertiary/aromatic N) is 3. The van der Waals surface area contributed by atoms with Crippen LogP contribution in [0.4, 0.5) is 24.8 Å². The van der Waals surface area contributed by atoms with Crippen molar-refractivity contribution in [1.82, 2.24) is 20.3 Å². The van der Waals surface area contributed by atoms with Crippen molar-refractivity contribution >= 4 is 28.9 Å². The Morgan fingerprint density at radius 3 is 2.48 bits per heavy atom. The summed E-state index contributed by atoms with van der Waals surface area (Å²) < 4.78 is 39.2. The summed E-state index contributed by atoms with van der Waals surface area (Å²) in [6, 6.07) is 13.7. The van der Waals surface area contributed by atoms with Gasteiger partial charge >= 0.3 is 6.18 Å². The molecule has 1 amide bonds. The highest BCUT2D eigenvalue weighted by molar-refractivity contribution is 7.15. The summed E-state index contributed by atoms with van der Waals surface area (Å²) in [5.74, 6) is -0.418. The van der Waals surface area contributed by atoms with Gasteiger partial charge in [0.2, 0.25) is 11.9 Å². The molecule has 42 heavy (non-hydrogen) atoms. The number of hydrogen-bond acceptors (Lipinski definition) is 8. The molecule has 0 bridgehead atoms. The first-order valence-corrected chi connectivity index (χ1v) is 14.3. The Balaban J connectivity index is 1.22. The summed E-state index contributed by atoms with van der Waals surface area (Å²) in [6.07, 6.45) is 0.00628. The van der Waals surface area contributed by atoms with Gasteiger partial charge in [-0.05, 0) is 73.1 Å². The molecular formula is C30H30F3N5O3S. The van der Waals surface area contributed by atoms with Crippen LogP contribution in [0.25, 0.3) is 10.4 Å². The van der Waals surface area contributed by atoms with Crippen molar-refractivity contribution in [2.24, 2.45) is 5.92 Å². The highest BCUT2D eigenvalue weighted by atomic mass is 32.1. The number of alkyl halides is 3. The van der Waals surface area contributed by atoms with Crippen LogP contribution in [0.3, 0.4) is 0 Å². The SMILES string of the molecule is Cc1cc(Nc2nccc(C(F)(F)F)n2)cc(-c2cnc([C@]3(O)CC[C@H](C(=O)NCc4ccc(CO)cc4)CC3)s2)c1. The van der Waals surface area contributed by atoms with E-state index in [-0.39, 0.29) is 24.4 Å². The van der Waals surface area contributed by atoms with E-state index >= 15 is 0 Å². The molecule has 2 heterocycles. The Morgan fingerprint density at radius 1 is 1.07 bits per heavy atom. The Hall–Kier alpha value is -3.87. The first-order valence-electron chi connectivity index (χ1n) is 13.5. The van der Waals surface area contributed by atoms with Gasteiger partial charge in [0.15, 0.2) is 0 Å². The zero-order valence-electron chi connectivity index (χ0n) is 22.8. The quantitative estimate of drug-likeness (QED) is 0.201. The van der Waals surface area contributed by atoms with Crippen LogP contribution in [0.5, 0.6) is 0 Å². The van der Waals surface area contributed by atoms with Gasteiger partial charge in [-0.15, -0.1) is 11.3 Å². The van der Waals surface area contributed by atoms with Crippen LogP contribution in [-0.2, 0) is 29.7 Å². The van der Waals surface area contributed by atoms with E-state index < -0.39 is 17.5 Å². The number of carbonyl (C=O) groups excluding carboxylic acids is 1. The summed E-state index contributed by atoms with van der Waals surface area (Å²) in [4.78, 5) is 25.6. The molecule has 8 nitrogen and oxygen atoms in total. The number of aliphatic hydroxyl groups is 2. The first kappa shape index (κ1) is 29.6. The molecule has 1 fully saturated rings. The number of aliphatic hydroxyl groups excluding tert-OH is 1. The predicted molar refractivity (Wildman–Crippen MR) is 153 cm³/mol. The second-order valence-electron chi connectivity index (χ2n) is 10.5. The second kappa shape index (κ2) is 12.2. The number of carbonyl (C=O) groups is 1. The average Bonchev–Trinajstić information content (AvgIpc) is 3.48. The second-order valence-corrected chi connectivity index (χ2v) is 11.5. The van der Waals surface area contributed by atoms with Gasteiger partial charge in [-0.25, -0.2) is 15.0 Å². The van der Waals surface area contributed by atoms with Crippen molar-refractivity contribution in [2.45, 2.75) is 57.5 Å². The van der Waals surface area contributed by atoms with Crippen molar-refractivity contribution in [3.8, 4) is 10.4 Å². The minimum absolute atomic E-state index is 0.0276. The normalized spacial score (nSPS) is 19.0. The van der Waals surface area contributed by atoms with E-state index in [4.69, 9.17) is 0 Å². The van der Waals surface area contributed by atoms with Gasteiger partial charge < -0.3 is 20.8 Å². The van der Waals surface area contributed by atoms with Crippen LogP contribution in [0, 0.1) is 12.8 Å². The van der Waals surface area contributed by atoms with Gasteiger partial charge in [0, 0.05) is 30.5 Å². The lowest BCUT2D eigenvalue weighted by atomic mass is 9.78. The fraction of sp³-hybridized carbons (Fsp3) is 0.333. The minimum atomic E-state index is -4.58. The van der Waals surface area contributed by atoms with E-state index in [9.17, 15) is 28.2 Å². The Kier molecular flexibility index (Phi) is 8.58. The zero-order valence-corrected chi connectivity index (χ0v) is 23.6. The fourth-order valence-corrected chi connectivity index (χ4v) is 6.04. The molecule has 0 saturated heterocycles. The van der Waals surface area contributed by atoms with Crippen molar-refractivity contribution in [1.29, 1.82) is 0 Å². The molecule has 1 aliphatic carbocycles. The maximum Gasteiger partial charge on any atom is 0.433 e. The highest BCUT2D eigenvalue weighted by Crippen LogP contribution is 2.43. The number of rotatable bonds is 8. The summed E-state index contributed by atoms with van der Waals surface area (Å²) >= 11 is 1.35. The predicted octanol–water partition coefficient (Wildman–Crippen LogP) is 5.86. The maximum absolute atomic E-state index is 13.1. The van der Waals surface area contributed by atoms with Crippen LogP contribution in [0.1, 0.15) is 53.1 Å². The molecule has 5 rings (SSSR count). The lowest BCUT2D eigenvalue weighted by molar-refractivity contribution is -0.141. The van der Waals surface area contributed by atoms with E-state index in [1.54, 1.807) is 18.3 Å². The lowest BCUT2D eigenvalue weighted by Gasteiger charge is -2.33. The monoisotopic (exact) mass is 597 g/mol. The van der Waals surface area contributed by atoms with Gasteiger partial charge in [-0.3, -0.25) is 4.79 Å². The van der Waals surface area contributed by atoms with E-state index in [0.717, 1.165) is 39.4 Å². The van der Waals surface area contributed by atoms with Gasteiger partial charge in [-0.1, -0.05) is 30.3 Å². The molecule has 4 aromatic rings. The van der Waals surface area contributed by atoms with Crippen molar-refractivity contribution in [2.75, 3.05) is 5.32 Å². The van der Waals surface area contributed by atoms with Crippen molar-refractivity contribution < 1.29 is 28.2 Å². The van der Waals surface area contributed by atoms with E-state index in [1.807, 2.05) is 37.3 Å². The van der Waals surface area contributed by atoms with E-state index in [0.29, 0.717) is 42.9 Å². The fourth-order valence-electron chi connectivity index (χ4n) is 4.99. The summed E-state index contributed by atoms with van der Waals surface area (Å²) in [5.41, 5.74) is 1.76. The van der Waals surface area contributed by atoms with Gasteiger partial charge in [0.25, 0.3) is 0 Å². The van der Waals surface area contributed by atoms with Crippen molar-refractivity contribution in [3.05, 3.63) is 88.3 Å². The number of hydrogen-bond donors (Lipinski definition) is 4. The molecule has 0 spiro atoms. The molecule has 4 N–H and O–H groups in total. The summed E-state index contributed by atoms with van der Waals surface area (Å²) in [7, 11) is 0. The molecule has 12 heteroatoms. The van der Waals surface area contributed by atoms with Gasteiger partial charge in [0.1, 0.15) is 16.3 Å². The molecule has 220 valence electrons. The van der Waals surface area contributed by atoms with Crippen LogP contribution < -0.4 is 10.6 Å². The number of benzene rings is 2. The molecule has 1 saturated carbocycles. The minimum Gasteiger partial charge on any atom is -0.392 e. The molecule has 0 atom stereocenters. The van der Waals surface area contributed by atoms with Gasteiger partial charge in [0.05, 0.1) is 11.5 Å². The molecular weight excluding hydrogens is 567 g/mol. The number of amides is 1. The molecule has 0 unspecified atom stereocenters. The highest BCUT2D eigenvalue weighted by Gasteiger charge is 2.39. The number of anilines is 2. The van der Waals surface area contributed by atoms with Crippen LogP contribution in [-0.4, -0.2) is 31.1 Å². The van der Waals surface area contributed by atoms with Crippen LogP contribution >= 0.6 is 11.3 Å². The standard InChI is InChI=1S/C30H30F3N5O3S/c1-18-12-22(14-23(13-18)37-28-34-11-8-25(38-28)30(31,32)33)24-16-36-27(42-24)29(41)9-6-21(7-10-29)26(40)35-15-19-2-4-20(17-39)5-3-19/h2-5,8,11-14,16,21,39,41H,6-7,9-10,15,17H2,1H3,(H,35,40)(H,34,37,38)/t21-,29-. The van der Waals surface area contributed by atoms with E-state index in [1.165, 1.54) is 11.3 Å². The van der Waals surface area contributed by atoms with Crippen LogP contribution in [0.15, 0.2) is 60.9 Å². The third-order valence-corrected chi connectivity index (χ3v) is 8.56. The summed E-state index contributed by atoms with van der Waals surface area (Å²) in [5, 5.41) is 27.0. The molecule has 2 aromatic carbocycles. The van der Waals surface area contributed by atoms with Crippen LogP contribution in [0.2, 0.25) is 0 Å². The first-order chi connectivity index (χ1) is 20.0. The zero-order chi connectivity index (χ0) is 29.9. The maximum atomic E-state index is 13.1. The van der Waals surface area contributed by atoms with Crippen molar-refractivity contribution in [3.63, 3.8) is 0 Å². The Labute approximate surface area is 244 Å². The smallest absolute Gasteiger partial charge is 0.392 e. The Bertz CT molecular complexity index is 1550. The number of halogens is 3. The largest absolute Gasteiger partial charge is 0.433 e. The number of aryl methyl sites for hydroxylation is 1. The molecule has 2 aromatic heterocycles. The van der Waals surface area contributed by atoms with Gasteiger partial charge in [-0.2, -0.15) is 13.2 Å². The summed E-state index contributed by atoms with van der Waals surface area (Å²) in [6.45, 7) is 2.24.